The molecule has 1 unspecified atom stereocenters. The van der Waals surface area contributed by atoms with E-state index in [4.69, 9.17) is 9.47 Å². The van der Waals surface area contributed by atoms with Crippen LogP contribution in [0.2, 0.25) is 0 Å². The molecule has 1 aromatic heterocycles. The first-order valence-corrected chi connectivity index (χ1v) is 11.4. The number of amides is 1. The fraction of sp³-hybridized carbons (Fsp3) is 0.190. The van der Waals surface area contributed by atoms with Crippen LogP contribution >= 0.6 is 11.3 Å². The molecule has 0 saturated heterocycles. The smallest absolute Gasteiger partial charge is 0.271 e. The van der Waals surface area contributed by atoms with Crippen LogP contribution in [0, 0.1) is 0 Å². The minimum Gasteiger partial charge on any atom is -0.497 e. The third-order valence-corrected chi connectivity index (χ3v) is 7.19. The van der Waals surface area contributed by atoms with Gasteiger partial charge in [0.05, 0.1) is 20.3 Å². The van der Waals surface area contributed by atoms with E-state index in [9.17, 15) is 13.2 Å². The summed E-state index contributed by atoms with van der Waals surface area (Å²) in [4.78, 5) is 12.6. The highest BCUT2D eigenvalue weighted by atomic mass is 32.2. The standard InChI is InChI=1S/C21H22N2O5S2/c1-14(18-11-10-17(27-2)13-19(18)28-3)22-21(24)15-6-8-16(9-7-15)23-30(25,26)20-5-4-12-29-20/h4-14,23H,1-3H3,(H,22,24). The van der Waals surface area contributed by atoms with E-state index in [1.54, 1.807) is 62.1 Å². The zero-order valence-corrected chi connectivity index (χ0v) is 18.3. The zero-order valence-electron chi connectivity index (χ0n) is 16.7. The van der Waals surface area contributed by atoms with E-state index >= 15 is 0 Å². The summed E-state index contributed by atoms with van der Waals surface area (Å²) in [7, 11) is -0.496. The molecule has 158 valence electrons. The normalized spacial score (nSPS) is 12.1. The number of methoxy groups -OCH3 is 2. The van der Waals surface area contributed by atoms with Gasteiger partial charge in [-0.3, -0.25) is 9.52 Å². The molecule has 0 spiro atoms. The monoisotopic (exact) mass is 446 g/mol. The van der Waals surface area contributed by atoms with Crippen LogP contribution in [0.4, 0.5) is 5.69 Å². The summed E-state index contributed by atoms with van der Waals surface area (Å²) >= 11 is 1.13. The second kappa shape index (κ2) is 9.19. The highest BCUT2D eigenvalue weighted by Gasteiger charge is 2.17. The van der Waals surface area contributed by atoms with Gasteiger partial charge in [-0.15, -0.1) is 11.3 Å². The van der Waals surface area contributed by atoms with Crippen molar-refractivity contribution in [1.29, 1.82) is 0 Å². The largest absolute Gasteiger partial charge is 0.497 e. The molecule has 0 fully saturated rings. The molecule has 0 aliphatic rings. The van der Waals surface area contributed by atoms with Gasteiger partial charge in [-0.25, -0.2) is 8.42 Å². The lowest BCUT2D eigenvalue weighted by atomic mass is 10.1. The quantitative estimate of drug-likeness (QED) is 0.544. The van der Waals surface area contributed by atoms with Crippen LogP contribution < -0.4 is 19.5 Å². The predicted molar refractivity (Wildman–Crippen MR) is 117 cm³/mol. The summed E-state index contributed by atoms with van der Waals surface area (Å²) in [5, 5.41) is 4.61. The van der Waals surface area contributed by atoms with Crippen LogP contribution in [0.1, 0.15) is 28.9 Å². The van der Waals surface area contributed by atoms with Gasteiger partial charge in [0.25, 0.3) is 15.9 Å². The fourth-order valence-electron chi connectivity index (χ4n) is 2.85. The number of benzene rings is 2. The average molecular weight is 447 g/mol. The average Bonchev–Trinajstić information content (AvgIpc) is 3.29. The Kier molecular flexibility index (Phi) is 6.63. The number of hydrogen-bond acceptors (Lipinski definition) is 6. The number of carbonyl (C=O) groups excluding carboxylic acids is 1. The van der Waals surface area contributed by atoms with Crippen molar-refractivity contribution in [3.63, 3.8) is 0 Å². The third-order valence-electron chi connectivity index (χ3n) is 4.41. The first-order chi connectivity index (χ1) is 14.3. The van der Waals surface area contributed by atoms with Gasteiger partial charge >= 0.3 is 0 Å². The third kappa shape index (κ3) is 4.92. The molecule has 1 amide bonds. The van der Waals surface area contributed by atoms with E-state index in [1.807, 2.05) is 13.0 Å². The molecule has 0 saturated carbocycles. The zero-order chi connectivity index (χ0) is 21.7. The molecular weight excluding hydrogens is 424 g/mol. The van der Waals surface area contributed by atoms with E-state index in [1.165, 1.54) is 6.07 Å². The van der Waals surface area contributed by atoms with Gasteiger partial charge in [-0.05, 0) is 54.8 Å². The number of ether oxygens (including phenoxy) is 2. The van der Waals surface area contributed by atoms with Crippen molar-refractivity contribution in [2.24, 2.45) is 0 Å². The number of anilines is 1. The molecule has 9 heteroatoms. The molecule has 30 heavy (non-hydrogen) atoms. The first kappa shape index (κ1) is 21.7. The van der Waals surface area contributed by atoms with Crippen molar-refractivity contribution in [3.8, 4) is 11.5 Å². The number of sulfonamides is 1. The molecule has 0 aliphatic carbocycles. The Morgan fingerprint density at radius 3 is 2.37 bits per heavy atom. The van der Waals surface area contributed by atoms with Crippen molar-refractivity contribution in [2.45, 2.75) is 17.2 Å². The van der Waals surface area contributed by atoms with Crippen LogP contribution in [0.15, 0.2) is 64.2 Å². The Morgan fingerprint density at radius 1 is 1.03 bits per heavy atom. The molecule has 2 N–H and O–H groups in total. The molecule has 0 bridgehead atoms. The Hall–Kier alpha value is -3.04. The lowest BCUT2D eigenvalue weighted by Crippen LogP contribution is -2.27. The van der Waals surface area contributed by atoms with Crippen molar-refractivity contribution < 1.29 is 22.7 Å². The Balaban J connectivity index is 1.69. The maximum atomic E-state index is 12.6. The van der Waals surface area contributed by atoms with Gasteiger partial charge in [-0.1, -0.05) is 6.07 Å². The number of hydrogen-bond donors (Lipinski definition) is 2. The summed E-state index contributed by atoms with van der Waals surface area (Å²) in [5.41, 5.74) is 1.60. The van der Waals surface area contributed by atoms with E-state index in [0.717, 1.165) is 16.9 Å². The lowest BCUT2D eigenvalue weighted by molar-refractivity contribution is 0.0939. The van der Waals surface area contributed by atoms with Gasteiger partial charge in [-0.2, -0.15) is 0 Å². The second-order valence-corrected chi connectivity index (χ2v) is 9.27. The van der Waals surface area contributed by atoms with Crippen LogP contribution in [0.5, 0.6) is 11.5 Å². The van der Waals surface area contributed by atoms with Crippen LogP contribution in [0.3, 0.4) is 0 Å². The Labute approximate surface area is 179 Å². The topological polar surface area (TPSA) is 93.7 Å². The number of thiophene rings is 1. The number of nitrogens with one attached hydrogen (secondary N) is 2. The minimum atomic E-state index is -3.63. The molecule has 7 nitrogen and oxygen atoms in total. The maximum absolute atomic E-state index is 12.6. The summed E-state index contributed by atoms with van der Waals surface area (Å²) < 4.78 is 37.9. The van der Waals surface area contributed by atoms with Gasteiger partial charge in [0.2, 0.25) is 0 Å². The molecule has 0 aliphatic heterocycles. The molecule has 3 rings (SSSR count). The van der Waals surface area contributed by atoms with E-state index in [2.05, 4.69) is 10.0 Å². The van der Waals surface area contributed by atoms with Gasteiger partial charge in [0, 0.05) is 22.9 Å². The Bertz CT molecular complexity index is 1110. The summed E-state index contributed by atoms with van der Waals surface area (Å²) in [6, 6.07) is 14.5. The molecular formula is C21H22N2O5S2. The summed E-state index contributed by atoms with van der Waals surface area (Å²) in [6.07, 6.45) is 0. The van der Waals surface area contributed by atoms with E-state index in [-0.39, 0.29) is 16.2 Å². The predicted octanol–water partition coefficient (Wildman–Crippen LogP) is 4.06. The molecule has 1 atom stereocenters. The van der Waals surface area contributed by atoms with Crippen LogP contribution in [-0.4, -0.2) is 28.5 Å². The first-order valence-electron chi connectivity index (χ1n) is 9.03. The maximum Gasteiger partial charge on any atom is 0.271 e. The minimum absolute atomic E-state index is 0.228. The highest BCUT2D eigenvalue weighted by Crippen LogP contribution is 2.29. The number of carbonyl (C=O) groups is 1. The van der Waals surface area contributed by atoms with Gasteiger partial charge < -0.3 is 14.8 Å². The van der Waals surface area contributed by atoms with Gasteiger partial charge in [0.1, 0.15) is 15.7 Å². The molecule has 1 heterocycles. The van der Waals surface area contributed by atoms with Crippen molar-refractivity contribution in [1.82, 2.24) is 5.32 Å². The van der Waals surface area contributed by atoms with Crippen molar-refractivity contribution in [3.05, 3.63) is 71.1 Å². The van der Waals surface area contributed by atoms with Gasteiger partial charge in [0.15, 0.2) is 0 Å². The van der Waals surface area contributed by atoms with E-state index < -0.39 is 10.0 Å². The number of rotatable bonds is 8. The van der Waals surface area contributed by atoms with Crippen molar-refractivity contribution >= 4 is 33.0 Å². The fourth-order valence-corrected chi connectivity index (χ4v) is 4.90. The van der Waals surface area contributed by atoms with Crippen LogP contribution in [0.25, 0.3) is 0 Å². The molecule has 0 radical (unpaired) electrons. The summed E-state index contributed by atoms with van der Waals surface area (Å²) in [5.74, 6) is 0.989. The molecule has 2 aromatic carbocycles. The Morgan fingerprint density at radius 2 is 1.77 bits per heavy atom. The second-order valence-electron chi connectivity index (χ2n) is 6.42. The molecule has 3 aromatic rings. The van der Waals surface area contributed by atoms with Crippen LogP contribution in [-0.2, 0) is 10.0 Å². The SMILES string of the molecule is COc1ccc(C(C)NC(=O)c2ccc(NS(=O)(=O)c3cccs3)cc2)c(OC)c1. The van der Waals surface area contributed by atoms with E-state index in [0.29, 0.717) is 22.7 Å². The lowest BCUT2D eigenvalue weighted by Gasteiger charge is -2.18. The highest BCUT2D eigenvalue weighted by molar-refractivity contribution is 7.94. The van der Waals surface area contributed by atoms with Crippen molar-refractivity contribution in [2.75, 3.05) is 18.9 Å². The summed E-state index contributed by atoms with van der Waals surface area (Å²) in [6.45, 7) is 1.85.